The molecule has 0 spiro atoms. The fourth-order valence-corrected chi connectivity index (χ4v) is 2.42. The maximum atomic E-state index is 11.7. The molecule has 24 heavy (non-hydrogen) atoms. The Morgan fingerprint density at radius 3 is 2.71 bits per heavy atom. The van der Waals surface area contributed by atoms with Crippen LogP contribution in [0.2, 0.25) is 5.02 Å². The van der Waals surface area contributed by atoms with Crippen LogP contribution in [0, 0.1) is 0 Å². The molecule has 0 unspecified atom stereocenters. The van der Waals surface area contributed by atoms with E-state index < -0.39 is 6.03 Å². The molecule has 0 aliphatic heterocycles. The number of anilines is 1. The summed E-state index contributed by atoms with van der Waals surface area (Å²) in [6.45, 7) is 2.72. The zero-order valence-corrected chi connectivity index (χ0v) is 15.4. The topological polar surface area (TPSA) is 62.7 Å². The Morgan fingerprint density at radius 2 is 2.04 bits per heavy atom. The van der Waals surface area contributed by atoms with Gasteiger partial charge in [0.25, 0.3) is 0 Å². The molecule has 0 bridgehead atoms. The molecule has 2 aromatic rings. The molecule has 2 N–H and O–H groups in total. The number of rotatable bonds is 6. The summed E-state index contributed by atoms with van der Waals surface area (Å²) in [6, 6.07) is 12.0. The van der Waals surface area contributed by atoms with Crippen molar-refractivity contribution in [2.45, 2.75) is 13.3 Å². The number of hydrogen-bond donors (Lipinski definition) is 2. The third kappa shape index (κ3) is 5.86. The lowest BCUT2D eigenvalue weighted by Crippen LogP contribution is -2.24. The van der Waals surface area contributed by atoms with Gasteiger partial charge >= 0.3 is 6.03 Å². The third-order valence-corrected chi connectivity index (χ3v) is 3.77. The van der Waals surface area contributed by atoms with Gasteiger partial charge in [-0.3, -0.25) is 0 Å². The van der Waals surface area contributed by atoms with E-state index in [1.54, 1.807) is 30.5 Å². The number of benzene rings is 2. The number of carbonyl (C=O) groups is 1. The SMILES string of the molecule is CCCOc1ccc(/C=N\NC(=O)Nc2ccc(Cl)cc2)cc1Br. The van der Waals surface area contributed by atoms with Gasteiger partial charge in [0.2, 0.25) is 0 Å². The molecule has 0 saturated carbocycles. The van der Waals surface area contributed by atoms with Crippen LogP contribution >= 0.6 is 27.5 Å². The number of ether oxygens (including phenoxy) is 1. The van der Waals surface area contributed by atoms with Crippen LogP contribution in [-0.4, -0.2) is 18.9 Å². The summed E-state index contributed by atoms with van der Waals surface area (Å²) in [5.41, 5.74) is 3.87. The maximum Gasteiger partial charge on any atom is 0.339 e. The Kier molecular flexibility index (Phi) is 7.08. The molecular weight excluding hydrogens is 394 g/mol. The van der Waals surface area contributed by atoms with Crippen LogP contribution in [0.1, 0.15) is 18.9 Å². The van der Waals surface area contributed by atoms with Crippen LogP contribution in [0.15, 0.2) is 52.0 Å². The molecule has 2 amide bonds. The molecule has 126 valence electrons. The molecule has 0 heterocycles. The number of urea groups is 1. The fraction of sp³-hybridized carbons (Fsp3) is 0.176. The van der Waals surface area contributed by atoms with Crippen molar-refractivity contribution in [2.75, 3.05) is 11.9 Å². The molecule has 2 rings (SSSR count). The van der Waals surface area contributed by atoms with E-state index in [2.05, 4.69) is 38.7 Å². The van der Waals surface area contributed by atoms with Crippen molar-refractivity contribution >= 4 is 45.5 Å². The molecule has 0 radical (unpaired) electrons. The quantitative estimate of drug-likeness (QED) is 0.517. The summed E-state index contributed by atoms with van der Waals surface area (Å²) in [5, 5.41) is 7.17. The van der Waals surface area contributed by atoms with Crippen molar-refractivity contribution in [3.63, 3.8) is 0 Å². The highest BCUT2D eigenvalue weighted by Crippen LogP contribution is 2.25. The van der Waals surface area contributed by atoms with Gasteiger partial charge in [0, 0.05) is 10.7 Å². The van der Waals surface area contributed by atoms with E-state index in [0.717, 1.165) is 22.2 Å². The molecule has 0 atom stereocenters. The molecule has 0 aliphatic carbocycles. The normalized spacial score (nSPS) is 10.6. The molecule has 7 heteroatoms. The van der Waals surface area contributed by atoms with Crippen LogP contribution in [0.5, 0.6) is 5.75 Å². The number of halogens is 2. The van der Waals surface area contributed by atoms with Crippen molar-refractivity contribution in [1.29, 1.82) is 0 Å². The van der Waals surface area contributed by atoms with Crippen LogP contribution in [-0.2, 0) is 0 Å². The lowest BCUT2D eigenvalue weighted by Gasteiger charge is -2.07. The van der Waals surface area contributed by atoms with Gasteiger partial charge in [0.15, 0.2) is 0 Å². The highest BCUT2D eigenvalue weighted by Gasteiger charge is 2.02. The third-order valence-electron chi connectivity index (χ3n) is 2.90. The van der Waals surface area contributed by atoms with E-state index in [-0.39, 0.29) is 0 Å². The second kappa shape index (κ2) is 9.30. The molecule has 2 aromatic carbocycles. The summed E-state index contributed by atoms with van der Waals surface area (Å²) in [4.78, 5) is 11.7. The zero-order chi connectivity index (χ0) is 17.4. The van der Waals surface area contributed by atoms with E-state index in [4.69, 9.17) is 16.3 Å². The molecule has 0 fully saturated rings. The highest BCUT2D eigenvalue weighted by atomic mass is 79.9. The Bertz CT molecular complexity index is 720. The Morgan fingerprint density at radius 1 is 1.29 bits per heavy atom. The van der Waals surface area contributed by atoms with Gasteiger partial charge < -0.3 is 10.1 Å². The Balaban J connectivity index is 1.87. The minimum absolute atomic E-state index is 0.435. The number of nitrogens with zero attached hydrogens (tertiary/aromatic N) is 1. The number of hydrogen-bond acceptors (Lipinski definition) is 3. The minimum atomic E-state index is -0.435. The second-order valence-corrected chi connectivity index (χ2v) is 6.16. The van der Waals surface area contributed by atoms with Gasteiger partial charge in [-0.15, -0.1) is 0 Å². The number of amides is 2. The first-order valence-corrected chi connectivity index (χ1v) is 8.53. The Hall–Kier alpha value is -2.05. The smallest absolute Gasteiger partial charge is 0.339 e. The number of carbonyl (C=O) groups excluding carboxylic acids is 1. The average molecular weight is 411 g/mol. The van der Waals surface area contributed by atoms with Gasteiger partial charge in [0.1, 0.15) is 5.75 Å². The van der Waals surface area contributed by atoms with Gasteiger partial charge in [-0.25, -0.2) is 10.2 Å². The first-order valence-electron chi connectivity index (χ1n) is 7.36. The summed E-state index contributed by atoms with van der Waals surface area (Å²) in [7, 11) is 0. The lowest BCUT2D eigenvalue weighted by molar-refractivity contribution is 0.252. The predicted molar refractivity (Wildman–Crippen MR) is 101 cm³/mol. The van der Waals surface area contributed by atoms with Crippen LogP contribution < -0.4 is 15.5 Å². The molecule has 5 nitrogen and oxygen atoms in total. The van der Waals surface area contributed by atoms with E-state index in [1.807, 2.05) is 18.2 Å². The molecule has 0 saturated heterocycles. The van der Waals surface area contributed by atoms with Crippen molar-refractivity contribution in [2.24, 2.45) is 5.10 Å². The standard InChI is InChI=1S/C17H17BrClN3O2/c1-2-9-24-16-8-3-12(10-15(16)18)11-20-22-17(23)21-14-6-4-13(19)5-7-14/h3-8,10-11H,2,9H2,1H3,(H2,21,22,23)/b20-11-. The van der Waals surface area contributed by atoms with E-state index in [1.165, 1.54) is 0 Å². The summed E-state index contributed by atoms with van der Waals surface area (Å²) in [5.74, 6) is 0.780. The first kappa shape index (κ1) is 18.3. The Labute approximate surface area is 154 Å². The zero-order valence-electron chi connectivity index (χ0n) is 13.1. The van der Waals surface area contributed by atoms with Gasteiger partial charge in [-0.2, -0.15) is 5.10 Å². The van der Waals surface area contributed by atoms with Crippen molar-refractivity contribution in [3.05, 3.63) is 57.5 Å². The second-order valence-electron chi connectivity index (χ2n) is 4.87. The number of hydrazone groups is 1. The molecule has 0 aliphatic rings. The van der Waals surface area contributed by atoms with Crippen molar-refractivity contribution < 1.29 is 9.53 Å². The first-order chi connectivity index (χ1) is 11.6. The van der Waals surface area contributed by atoms with Gasteiger partial charge in [-0.05, 0) is 70.4 Å². The van der Waals surface area contributed by atoms with Crippen LogP contribution in [0.25, 0.3) is 0 Å². The lowest BCUT2D eigenvalue weighted by atomic mass is 10.2. The van der Waals surface area contributed by atoms with Crippen LogP contribution in [0.3, 0.4) is 0 Å². The number of nitrogens with one attached hydrogen (secondary N) is 2. The summed E-state index contributed by atoms with van der Waals surface area (Å²) in [6.07, 6.45) is 2.50. The van der Waals surface area contributed by atoms with Crippen LogP contribution in [0.4, 0.5) is 10.5 Å². The average Bonchev–Trinajstić information content (AvgIpc) is 2.56. The predicted octanol–water partition coefficient (Wildman–Crippen LogP) is 5.05. The van der Waals surface area contributed by atoms with E-state index in [0.29, 0.717) is 17.3 Å². The molecule has 0 aromatic heterocycles. The van der Waals surface area contributed by atoms with Crippen molar-refractivity contribution in [1.82, 2.24) is 5.43 Å². The molecular formula is C17H17BrClN3O2. The van der Waals surface area contributed by atoms with Gasteiger partial charge in [-0.1, -0.05) is 18.5 Å². The maximum absolute atomic E-state index is 11.7. The van der Waals surface area contributed by atoms with Crippen molar-refractivity contribution in [3.8, 4) is 5.75 Å². The highest BCUT2D eigenvalue weighted by molar-refractivity contribution is 9.10. The summed E-state index contributed by atoms with van der Waals surface area (Å²) >= 11 is 9.24. The van der Waals surface area contributed by atoms with E-state index >= 15 is 0 Å². The van der Waals surface area contributed by atoms with E-state index in [9.17, 15) is 4.79 Å². The monoisotopic (exact) mass is 409 g/mol. The summed E-state index contributed by atoms with van der Waals surface area (Å²) < 4.78 is 6.42. The largest absolute Gasteiger partial charge is 0.492 e. The van der Waals surface area contributed by atoms with Gasteiger partial charge in [0.05, 0.1) is 17.3 Å². The minimum Gasteiger partial charge on any atom is -0.492 e. The fourth-order valence-electron chi connectivity index (χ4n) is 1.78.